The van der Waals surface area contributed by atoms with Gasteiger partial charge in [-0.15, -0.1) is 0 Å². The number of hydrogen-bond acceptors (Lipinski definition) is 4. The van der Waals surface area contributed by atoms with Crippen LogP contribution >= 0.6 is 11.6 Å². The molecule has 0 bridgehead atoms. The van der Waals surface area contributed by atoms with E-state index in [1.54, 1.807) is 13.8 Å². The summed E-state index contributed by atoms with van der Waals surface area (Å²) < 4.78 is 5.06. The molecule has 2 rings (SSSR count). The zero-order chi connectivity index (χ0) is 17.0. The Labute approximate surface area is 140 Å². The second kappa shape index (κ2) is 7.46. The molecule has 1 atom stereocenters. The van der Waals surface area contributed by atoms with E-state index in [9.17, 15) is 4.79 Å². The molecule has 6 nitrogen and oxygen atoms in total. The van der Waals surface area contributed by atoms with Gasteiger partial charge in [0.05, 0.1) is 5.69 Å². The van der Waals surface area contributed by atoms with Crippen molar-refractivity contribution in [1.82, 2.24) is 15.5 Å². The van der Waals surface area contributed by atoms with Gasteiger partial charge < -0.3 is 15.2 Å². The van der Waals surface area contributed by atoms with Crippen molar-refractivity contribution in [3.63, 3.8) is 0 Å². The minimum Gasteiger partial charge on any atom is -0.337 e. The lowest BCUT2D eigenvalue weighted by molar-refractivity contribution is 0.245. The van der Waals surface area contributed by atoms with Gasteiger partial charge in [0.1, 0.15) is 6.04 Å². The molecular weight excluding hydrogens is 316 g/mol. The summed E-state index contributed by atoms with van der Waals surface area (Å²) in [7, 11) is 0. The fourth-order valence-electron chi connectivity index (χ4n) is 2.36. The Bertz CT molecular complexity index is 699. The Hall–Kier alpha value is -2.08. The van der Waals surface area contributed by atoms with Crippen molar-refractivity contribution in [2.45, 2.75) is 46.6 Å². The van der Waals surface area contributed by atoms with Crippen molar-refractivity contribution in [2.75, 3.05) is 5.32 Å². The van der Waals surface area contributed by atoms with Crippen LogP contribution in [0.1, 0.15) is 49.7 Å². The number of hydrogen-bond donors (Lipinski definition) is 2. The number of carbonyl (C=O) groups is 1. The monoisotopic (exact) mass is 336 g/mol. The number of nitrogens with zero attached hydrogens (tertiary/aromatic N) is 2. The summed E-state index contributed by atoms with van der Waals surface area (Å²) in [6.07, 6.45) is 1.54. The van der Waals surface area contributed by atoms with E-state index in [-0.39, 0.29) is 12.1 Å². The van der Waals surface area contributed by atoms with Crippen LogP contribution in [0.3, 0.4) is 0 Å². The van der Waals surface area contributed by atoms with Gasteiger partial charge in [0.2, 0.25) is 5.89 Å². The summed E-state index contributed by atoms with van der Waals surface area (Å²) in [6, 6.07) is 3.08. The SMILES string of the molecule is CCc1ccc(Cl)c(CC)c1NC(=O)N[C@H](C)c1nc(C)no1. The normalized spacial score (nSPS) is 12.0. The third-order valence-electron chi connectivity index (χ3n) is 3.58. The topological polar surface area (TPSA) is 80.0 Å². The van der Waals surface area contributed by atoms with Crippen molar-refractivity contribution in [3.8, 4) is 0 Å². The molecule has 0 saturated heterocycles. The number of rotatable bonds is 5. The van der Waals surface area contributed by atoms with Gasteiger partial charge in [0.15, 0.2) is 5.82 Å². The average molecular weight is 337 g/mol. The van der Waals surface area contributed by atoms with Crippen LogP contribution in [0.4, 0.5) is 10.5 Å². The molecule has 23 heavy (non-hydrogen) atoms. The highest BCUT2D eigenvalue weighted by Crippen LogP contribution is 2.29. The first-order chi connectivity index (χ1) is 11.0. The van der Waals surface area contributed by atoms with E-state index < -0.39 is 0 Å². The summed E-state index contributed by atoms with van der Waals surface area (Å²) >= 11 is 6.24. The Balaban J connectivity index is 2.15. The molecule has 2 N–H and O–H groups in total. The van der Waals surface area contributed by atoms with Gasteiger partial charge in [-0.05, 0) is 43.9 Å². The van der Waals surface area contributed by atoms with Crippen molar-refractivity contribution in [1.29, 1.82) is 0 Å². The number of amides is 2. The van der Waals surface area contributed by atoms with Crippen LogP contribution in [0.25, 0.3) is 0 Å². The number of benzene rings is 1. The number of urea groups is 1. The highest BCUT2D eigenvalue weighted by Gasteiger charge is 2.18. The lowest BCUT2D eigenvalue weighted by atomic mass is 10.0. The Morgan fingerprint density at radius 3 is 2.65 bits per heavy atom. The molecule has 0 spiro atoms. The minimum atomic E-state index is -0.384. The molecule has 124 valence electrons. The van der Waals surface area contributed by atoms with Crippen LogP contribution in [0.15, 0.2) is 16.7 Å². The van der Waals surface area contributed by atoms with Crippen LogP contribution in [0.2, 0.25) is 5.02 Å². The number of aromatic nitrogens is 2. The maximum absolute atomic E-state index is 12.3. The maximum atomic E-state index is 12.3. The fraction of sp³-hybridized carbons (Fsp3) is 0.438. The summed E-state index contributed by atoms with van der Waals surface area (Å²) in [5.74, 6) is 0.903. The van der Waals surface area contributed by atoms with Gasteiger partial charge in [-0.2, -0.15) is 4.98 Å². The molecule has 2 amide bonds. The quantitative estimate of drug-likeness (QED) is 0.863. The number of aryl methyl sites for hydroxylation is 2. The van der Waals surface area contributed by atoms with E-state index in [4.69, 9.17) is 16.1 Å². The zero-order valence-corrected chi connectivity index (χ0v) is 14.5. The molecule has 0 unspecified atom stereocenters. The highest BCUT2D eigenvalue weighted by molar-refractivity contribution is 6.31. The molecule has 0 radical (unpaired) electrons. The molecule has 0 saturated carbocycles. The summed E-state index contributed by atoms with van der Waals surface area (Å²) in [4.78, 5) is 16.4. The predicted molar refractivity (Wildman–Crippen MR) is 89.8 cm³/mol. The van der Waals surface area contributed by atoms with E-state index in [1.165, 1.54) is 0 Å². The Morgan fingerprint density at radius 2 is 2.09 bits per heavy atom. The molecule has 1 aromatic heterocycles. The van der Waals surface area contributed by atoms with Gasteiger partial charge in [0, 0.05) is 5.02 Å². The highest BCUT2D eigenvalue weighted by atomic mass is 35.5. The third-order valence-corrected chi connectivity index (χ3v) is 3.93. The first-order valence-corrected chi connectivity index (χ1v) is 8.02. The van der Waals surface area contributed by atoms with Crippen LogP contribution in [0, 0.1) is 6.92 Å². The van der Waals surface area contributed by atoms with Gasteiger partial charge in [-0.25, -0.2) is 4.79 Å². The van der Waals surface area contributed by atoms with Crippen LogP contribution < -0.4 is 10.6 Å². The Morgan fingerprint density at radius 1 is 1.35 bits per heavy atom. The molecular formula is C16H21ClN4O2. The van der Waals surface area contributed by atoms with Crippen molar-refractivity contribution < 1.29 is 9.32 Å². The number of halogens is 1. The van der Waals surface area contributed by atoms with Gasteiger partial charge in [0.25, 0.3) is 0 Å². The molecule has 0 aliphatic rings. The molecule has 0 fully saturated rings. The van der Waals surface area contributed by atoms with Crippen LogP contribution in [-0.2, 0) is 12.8 Å². The first kappa shape index (κ1) is 17.3. The van der Waals surface area contributed by atoms with E-state index in [0.29, 0.717) is 16.7 Å². The van der Waals surface area contributed by atoms with Crippen LogP contribution in [-0.4, -0.2) is 16.2 Å². The van der Waals surface area contributed by atoms with E-state index in [0.717, 1.165) is 29.7 Å². The van der Waals surface area contributed by atoms with Gasteiger partial charge >= 0.3 is 6.03 Å². The van der Waals surface area contributed by atoms with Gasteiger partial charge in [-0.3, -0.25) is 0 Å². The van der Waals surface area contributed by atoms with E-state index >= 15 is 0 Å². The second-order valence-corrected chi connectivity index (χ2v) is 5.67. The molecule has 7 heteroatoms. The first-order valence-electron chi connectivity index (χ1n) is 7.64. The number of carbonyl (C=O) groups excluding carboxylic acids is 1. The van der Waals surface area contributed by atoms with E-state index in [1.807, 2.05) is 26.0 Å². The van der Waals surface area contributed by atoms with Crippen LogP contribution in [0.5, 0.6) is 0 Å². The maximum Gasteiger partial charge on any atom is 0.319 e. The Kier molecular flexibility index (Phi) is 5.60. The standard InChI is InChI=1S/C16H21ClN4O2/c1-5-11-7-8-13(17)12(6-2)14(11)20-16(22)18-9(3)15-19-10(4)21-23-15/h7-9H,5-6H2,1-4H3,(H2,18,20,22)/t9-/m1/s1. The fourth-order valence-corrected chi connectivity index (χ4v) is 2.66. The number of anilines is 1. The summed E-state index contributed by atoms with van der Waals surface area (Å²) in [5.41, 5.74) is 2.75. The third kappa shape index (κ3) is 4.01. The minimum absolute atomic E-state index is 0.333. The lowest BCUT2D eigenvalue weighted by Gasteiger charge is -2.17. The van der Waals surface area contributed by atoms with Crippen molar-refractivity contribution in [2.24, 2.45) is 0 Å². The largest absolute Gasteiger partial charge is 0.337 e. The molecule has 1 heterocycles. The summed E-state index contributed by atoms with van der Waals surface area (Å²) in [5, 5.41) is 10.1. The lowest BCUT2D eigenvalue weighted by Crippen LogP contribution is -2.32. The molecule has 2 aromatic rings. The average Bonchev–Trinajstić information content (AvgIpc) is 2.94. The zero-order valence-electron chi connectivity index (χ0n) is 13.7. The van der Waals surface area contributed by atoms with Crippen molar-refractivity contribution >= 4 is 23.3 Å². The molecule has 0 aliphatic heterocycles. The van der Waals surface area contributed by atoms with Crippen molar-refractivity contribution in [3.05, 3.63) is 40.0 Å². The van der Waals surface area contributed by atoms with E-state index in [2.05, 4.69) is 20.8 Å². The second-order valence-electron chi connectivity index (χ2n) is 5.27. The predicted octanol–water partition coefficient (Wildman–Crippen LogP) is 4.04. The molecule has 1 aromatic carbocycles. The number of nitrogens with one attached hydrogen (secondary N) is 2. The smallest absolute Gasteiger partial charge is 0.319 e. The van der Waals surface area contributed by atoms with Gasteiger partial charge in [-0.1, -0.05) is 36.7 Å². The summed E-state index contributed by atoms with van der Waals surface area (Å²) in [6.45, 7) is 7.56. The molecule has 0 aliphatic carbocycles.